The van der Waals surface area contributed by atoms with Crippen molar-refractivity contribution in [3.8, 4) is 0 Å². The predicted octanol–water partition coefficient (Wildman–Crippen LogP) is 3.52. The highest BCUT2D eigenvalue weighted by molar-refractivity contribution is 4.87. The fourth-order valence-electron chi connectivity index (χ4n) is 3.60. The number of rotatable bonds is 4. The van der Waals surface area contributed by atoms with E-state index in [0.29, 0.717) is 5.92 Å². The first-order chi connectivity index (χ1) is 8.22. The molecule has 0 amide bonds. The molecule has 0 unspecified atom stereocenters. The van der Waals surface area contributed by atoms with Gasteiger partial charge >= 0.3 is 0 Å². The van der Waals surface area contributed by atoms with Crippen LogP contribution >= 0.6 is 0 Å². The first-order valence-electron chi connectivity index (χ1n) is 7.52. The van der Waals surface area contributed by atoms with E-state index in [4.69, 9.17) is 4.74 Å². The Balaban J connectivity index is 1.76. The standard InChI is InChI=1S/C15H28O2/c1-2-3-13-4-8-15(16,9-5-13)12-14-6-10-17-11-7-14/h13-14,16H,2-12H2,1H3. The summed E-state index contributed by atoms with van der Waals surface area (Å²) in [6.45, 7) is 4.07. The lowest BCUT2D eigenvalue weighted by molar-refractivity contribution is -0.0453. The Morgan fingerprint density at radius 3 is 2.29 bits per heavy atom. The van der Waals surface area contributed by atoms with Crippen LogP contribution in [0.25, 0.3) is 0 Å². The lowest BCUT2D eigenvalue weighted by Crippen LogP contribution is -2.37. The van der Waals surface area contributed by atoms with Crippen LogP contribution in [0.4, 0.5) is 0 Å². The predicted molar refractivity (Wildman–Crippen MR) is 70.0 cm³/mol. The van der Waals surface area contributed by atoms with Crippen LogP contribution in [0.15, 0.2) is 0 Å². The zero-order valence-electron chi connectivity index (χ0n) is 11.3. The van der Waals surface area contributed by atoms with E-state index in [0.717, 1.165) is 51.2 Å². The molecule has 1 aliphatic heterocycles. The summed E-state index contributed by atoms with van der Waals surface area (Å²) in [7, 11) is 0. The van der Waals surface area contributed by atoms with Crippen LogP contribution in [0.3, 0.4) is 0 Å². The highest BCUT2D eigenvalue weighted by Crippen LogP contribution is 2.39. The van der Waals surface area contributed by atoms with Gasteiger partial charge in [-0.05, 0) is 56.8 Å². The van der Waals surface area contributed by atoms with Gasteiger partial charge in [-0.1, -0.05) is 19.8 Å². The molecule has 2 fully saturated rings. The highest BCUT2D eigenvalue weighted by atomic mass is 16.5. The van der Waals surface area contributed by atoms with Gasteiger partial charge in [0.05, 0.1) is 5.60 Å². The summed E-state index contributed by atoms with van der Waals surface area (Å²) < 4.78 is 5.39. The maximum atomic E-state index is 10.7. The number of ether oxygens (including phenoxy) is 1. The van der Waals surface area contributed by atoms with E-state index < -0.39 is 0 Å². The molecule has 0 aromatic carbocycles. The van der Waals surface area contributed by atoms with Gasteiger partial charge in [0.1, 0.15) is 0 Å². The molecule has 1 saturated carbocycles. The van der Waals surface area contributed by atoms with Crippen molar-refractivity contribution >= 4 is 0 Å². The second-order valence-corrected chi connectivity index (χ2v) is 6.22. The topological polar surface area (TPSA) is 29.5 Å². The minimum absolute atomic E-state index is 0.341. The van der Waals surface area contributed by atoms with E-state index in [1.165, 1.54) is 25.7 Å². The van der Waals surface area contributed by atoms with E-state index in [2.05, 4.69) is 6.92 Å². The number of hydrogen-bond acceptors (Lipinski definition) is 2. The van der Waals surface area contributed by atoms with E-state index >= 15 is 0 Å². The molecule has 0 spiro atoms. The summed E-state index contributed by atoms with van der Waals surface area (Å²) in [5.74, 6) is 1.59. The van der Waals surface area contributed by atoms with E-state index in [-0.39, 0.29) is 5.60 Å². The van der Waals surface area contributed by atoms with Gasteiger partial charge in [0, 0.05) is 13.2 Å². The molecule has 100 valence electrons. The monoisotopic (exact) mass is 240 g/mol. The quantitative estimate of drug-likeness (QED) is 0.814. The zero-order valence-corrected chi connectivity index (χ0v) is 11.3. The maximum absolute atomic E-state index is 10.7. The van der Waals surface area contributed by atoms with Crippen molar-refractivity contribution < 1.29 is 9.84 Å². The Morgan fingerprint density at radius 2 is 1.71 bits per heavy atom. The van der Waals surface area contributed by atoms with Crippen LogP contribution in [0.5, 0.6) is 0 Å². The molecule has 17 heavy (non-hydrogen) atoms. The lowest BCUT2D eigenvalue weighted by Gasteiger charge is -2.39. The van der Waals surface area contributed by atoms with Crippen LogP contribution in [-0.2, 0) is 4.74 Å². The Morgan fingerprint density at radius 1 is 1.06 bits per heavy atom. The van der Waals surface area contributed by atoms with Crippen LogP contribution in [0.2, 0.25) is 0 Å². The second-order valence-electron chi connectivity index (χ2n) is 6.22. The minimum Gasteiger partial charge on any atom is -0.390 e. The van der Waals surface area contributed by atoms with E-state index in [9.17, 15) is 5.11 Å². The average Bonchev–Trinajstić information content (AvgIpc) is 2.34. The molecule has 2 rings (SSSR count). The number of aliphatic hydroxyl groups is 1. The largest absolute Gasteiger partial charge is 0.390 e. The van der Waals surface area contributed by atoms with Crippen molar-refractivity contribution in [2.45, 2.75) is 70.3 Å². The summed E-state index contributed by atoms with van der Waals surface area (Å²) >= 11 is 0. The Kier molecular flexibility index (Phi) is 4.87. The summed E-state index contributed by atoms with van der Waals surface area (Å²) in [5.41, 5.74) is -0.341. The van der Waals surface area contributed by atoms with Gasteiger partial charge in [0.15, 0.2) is 0 Å². The molecule has 0 bridgehead atoms. The highest BCUT2D eigenvalue weighted by Gasteiger charge is 2.35. The molecular formula is C15H28O2. The molecule has 1 heterocycles. The average molecular weight is 240 g/mol. The van der Waals surface area contributed by atoms with Gasteiger partial charge in [-0.3, -0.25) is 0 Å². The molecule has 0 aromatic rings. The third-order valence-corrected chi connectivity index (χ3v) is 4.74. The van der Waals surface area contributed by atoms with Gasteiger partial charge in [-0.25, -0.2) is 0 Å². The second kappa shape index (κ2) is 6.19. The normalized spacial score (nSPS) is 36.0. The van der Waals surface area contributed by atoms with Crippen molar-refractivity contribution in [3.05, 3.63) is 0 Å². The van der Waals surface area contributed by atoms with Gasteiger partial charge in [-0.2, -0.15) is 0 Å². The Hall–Kier alpha value is -0.0800. The molecule has 0 aromatic heterocycles. The van der Waals surface area contributed by atoms with E-state index in [1.807, 2.05) is 0 Å². The molecule has 2 nitrogen and oxygen atoms in total. The smallest absolute Gasteiger partial charge is 0.0650 e. The number of hydrogen-bond donors (Lipinski definition) is 1. The first kappa shape index (κ1) is 13.4. The molecule has 2 aliphatic rings. The minimum atomic E-state index is -0.341. The third kappa shape index (κ3) is 3.96. The maximum Gasteiger partial charge on any atom is 0.0650 e. The summed E-state index contributed by atoms with van der Waals surface area (Å²) in [4.78, 5) is 0. The van der Waals surface area contributed by atoms with Crippen molar-refractivity contribution in [2.24, 2.45) is 11.8 Å². The SMILES string of the molecule is CCCC1CCC(O)(CC2CCOCC2)CC1. The van der Waals surface area contributed by atoms with Crippen LogP contribution in [0.1, 0.15) is 64.7 Å². The lowest BCUT2D eigenvalue weighted by atomic mass is 9.72. The van der Waals surface area contributed by atoms with Gasteiger partial charge < -0.3 is 9.84 Å². The van der Waals surface area contributed by atoms with Gasteiger partial charge in [0.25, 0.3) is 0 Å². The summed E-state index contributed by atoms with van der Waals surface area (Å²) in [6, 6.07) is 0. The van der Waals surface area contributed by atoms with E-state index in [1.54, 1.807) is 0 Å². The molecular weight excluding hydrogens is 212 g/mol. The summed E-state index contributed by atoms with van der Waals surface area (Å²) in [5, 5.41) is 10.7. The third-order valence-electron chi connectivity index (χ3n) is 4.74. The van der Waals surface area contributed by atoms with Crippen LogP contribution in [0, 0.1) is 11.8 Å². The Labute approximate surface area is 106 Å². The molecule has 1 N–H and O–H groups in total. The van der Waals surface area contributed by atoms with Gasteiger partial charge in [0.2, 0.25) is 0 Å². The van der Waals surface area contributed by atoms with Crippen LogP contribution < -0.4 is 0 Å². The first-order valence-corrected chi connectivity index (χ1v) is 7.52. The molecule has 1 saturated heterocycles. The van der Waals surface area contributed by atoms with Crippen molar-refractivity contribution in [3.63, 3.8) is 0 Å². The summed E-state index contributed by atoms with van der Waals surface area (Å²) in [6.07, 6.45) is 10.5. The Bertz CT molecular complexity index is 213. The van der Waals surface area contributed by atoms with Crippen molar-refractivity contribution in [1.29, 1.82) is 0 Å². The van der Waals surface area contributed by atoms with Crippen molar-refractivity contribution in [1.82, 2.24) is 0 Å². The fourth-order valence-corrected chi connectivity index (χ4v) is 3.60. The molecule has 0 atom stereocenters. The van der Waals surface area contributed by atoms with Crippen molar-refractivity contribution in [2.75, 3.05) is 13.2 Å². The molecule has 0 radical (unpaired) electrons. The van der Waals surface area contributed by atoms with Gasteiger partial charge in [-0.15, -0.1) is 0 Å². The molecule has 1 aliphatic carbocycles. The fraction of sp³-hybridized carbons (Fsp3) is 1.00. The van der Waals surface area contributed by atoms with Crippen LogP contribution in [-0.4, -0.2) is 23.9 Å². The molecule has 2 heteroatoms. The zero-order chi connectivity index (χ0) is 12.1.